The Hall–Kier alpha value is -3.04. The molecular weight excluding hydrogens is 390 g/mol. The molecule has 0 atom stereocenters. The zero-order valence-electron chi connectivity index (χ0n) is 16.1. The molecule has 4 rings (SSSR count). The first-order valence-corrected chi connectivity index (χ1v) is 10.6. The quantitative estimate of drug-likeness (QED) is 0.640. The normalized spacial score (nSPS) is 14.8. The lowest BCUT2D eigenvalue weighted by atomic mass is 10.1. The summed E-state index contributed by atoms with van der Waals surface area (Å²) in [5, 5.41) is 8.41. The zero-order valence-corrected chi connectivity index (χ0v) is 17.0. The lowest BCUT2D eigenvalue weighted by Gasteiger charge is -2.38. The summed E-state index contributed by atoms with van der Waals surface area (Å²) in [6.45, 7) is 1.07. The number of likely N-dealkylation sites (tertiary alicyclic amines) is 1. The molecule has 0 saturated carbocycles. The van der Waals surface area contributed by atoms with Crippen molar-refractivity contribution in [1.82, 2.24) is 24.2 Å². The van der Waals surface area contributed by atoms with Crippen molar-refractivity contribution in [3.63, 3.8) is 0 Å². The summed E-state index contributed by atoms with van der Waals surface area (Å²) in [6, 6.07) is 15.9. The van der Waals surface area contributed by atoms with E-state index in [1.54, 1.807) is 21.7 Å². The van der Waals surface area contributed by atoms with Gasteiger partial charge >= 0.3 is 0 Å². The van der Waals surface area contributed by atoms with E-state index in [9.17, 15) is 13.2 Å². The highest BCUT2D eigenvalue weighted by Gasteiger charge is 2.33. The minimum Gasteiger partial charge on any atom is -0.334 e. The van der Waals surface area contributed by atoms with E-state index in [4.69, 9.17) is 0 Å². The van der Waals surface area contributed by atoms with Crippen molar-refractivity contribution < 1.29 is 13.2 Å². The van der Waals surface area contributed by atoms with E-state index in [2.05, 4.69) is 10.3 Å². The van der Waals surface area contributed by atoms with Gasteiger partial charge in [0.1, 0.15) is 5.69 Å². The molecule has 3 aromatic rings. The van der Waals surface area contributed by atoms with E-state index in [0.29, 0.717) is 18.7 Å². The number of hydrogen-bond acceptors (Lipinski definition) is 5. The van der Waals surface area contributed by atoms with Crippen molar-refractivity contribution in [2.75, 3.05) is 27.2 Å². The first kappa shape index (κ1) is 19.3. The molecule has 150 valence electrons. The maximum absolute atomic E-state index is 12.6. The molecule has 0 aliphatic carbocycles. The molecule has 1 aliphatic rings. The van der Waals surface area contributed by atoms with Crippen LogP contribution in [0.15, 0.2) is 65.7 Å². The van der Waals surface area contributed by atoms with Crippen LogP contribution in [0.5, 0.6) is 0 Å². The van der Waals surface area contributed by atoms with Gasteiger partial charge < -0.3 is 4.90 Å². The molecule has 2 heterocycles. The molecule has 1 fully saturated rings. The van der Waals surface area contributed by atoms with Crippen molar-refractivity contribution in [2.45, 2.75) is 10.9 Å². The summed E-state index contributed by atoms with van der Waals surface area (Å²) in [7, 11) is -0.558. The fraction of sp³-hybridized carbons (Fsp3) is 0.250. The van der Waals surface area contributed by atoms with E-state index < -0.39 is 10.0 Å². The van der Waals surface area contributed by atoms with Crippen LogP contribution in [0.4, 0.5) is 0 Å². The molecule has 2 aromatic carbocycles. The SMILES string of the molecule is CN(C)S(=O)(=O)c1ccc(C(=O)N2CC(n3cc(-c4ccccc4)nn3)C2)cc1. The molecule has 0 spiro atoms. The standard InChI is InChI=1S/C20H21N5O3S/c1-23(2)29(27,28)18-10-8-16(9-11-18)20(26)24-12-17(13-24)25-14-19(21-22-25)15-6-4-3-5-7-15/h3-11,14,17H,12-13H2,1-2H3. The summed E-state index contributed by atoms with van der Waals surface area (Å²) in [4.78, 5) is 14.5. The van der Waals surface area contributed by atoms with Crippen molar-refractivity contribution in [1.29, 1.82) is 0 Å². The van der Waals surface area contributed by atoms with Crippen molar-refractivity contribution in [3.05, 3.63) is 66.4 Å². The van der Waals surface area contributed by atoms with Gasteiger partial charge in [-0.2, -0.15) is 0 Å². The fourth-order valence-corrected chi connectivity index (χ4v) is 4.05. The predicted molar refractivity (Wildman–Crippen MR) is 108 cm³/mol. The highest BCUT2D eigenvalue weighted by molar-refractivity contribution is 7.89. The lowest BCUT2D eigenvalue weighted by molar-refractivity contribution is 0.0498. The Morgan fingerprint density at radius 2 is 1.69 bits per heavy atom. The Bertz CT molecular complexity index is 1120. The molecule has 0 N–H and O–H groups in total. The summed E-state index contributed by atoms with van der Waals surface area (Å²) < 4.78 is 27.2. The minimum absolute atomic E-state index is 0.0808. The third-order valence-electron chi connectivity index (χ3n) is 4.98. The second-order valence-electron chi connectivity index (χ2n) is 7.13. The van der Waals surface area contributed by atoms with Gasteiger partial charge in [0.05, 0.1) is 17.1 Å². The molecule has 29 heavy (non-hydrogen) atoms. The topological polar surface area (TPSA) is 88.4 Å². The number of carbonyl (C=O) groups excluding carboxylic acids is 1. The number of amides is 1. The van der Waals surface area contributed by atoms with E-state index in [0.717, 1.165) is 15.6 Å². The van der Waals surface area contributed by atoms with E-state index in [1.165, 1.54) is 26.2 Å². The molecular formula is C20H21N5O3S. The van der Waals surface area contributed by atoms with Crippen molar-refractivity contribution >= 4 is 15.9 Å². The van der Waals surface area contributed by atoms with Crippen LogP contribution in [0, 0.1) is 0 Å². The number of benzene rings is 2. The highest BCUT2D eigenvalue weighted by Crippen LogP contribution is 2.25. The van der Waals surface area contributed by atoms with Gasteiger partial charge in [-0.1, -0.05) is 35.5 Å². The van der Waals surface area contributed by atoms with Crippen LogP contribution in [0.1, 0.15) is 16.4 Å². The van der Waals surface area contributed by atoms with Gasteiger partial charge in [-0.15, -0.1) is 5.10 Å². The average molecular weight is 411 g/mol. The monoisotopic (exact) mass is 411 g/mol. The van der Waals surface area contributed by atoms with Crippen molar-refractivity contribution in [3.8, 4) is 11.3 Å². The molecule has 1 amide bonds. The summed E-state index contributed by atoms with van der Waals surface area (Å²) in [5.41, 5.74) is 2.26. The van der Waals surface area contributed by atoms with Crippen LogP contribution < -0.4 is 0 Å². The molecule has 1 aromatic heterocycles. The Balaban J connectivity index is 1.40. The first-order valence-electron chi connectivity index (χ1n) is 9.15. The molecule has 9 heteroatoms. The van der Waals surface area contributed by atoms with Gasteiger partial charge in [-0.05, 0) is 24.3 Å². The number of hydrogen-bond donors (Lipinski definition) is 0. The third kappa shape index (κ3) is 3.66. The Kier molecular flexibility index (Phi) is 4.93. The summed E-state index contributed by atoms with van der Waals surface area (Å²) in [6.07, 6.45) is 1.89. The molecule has 0 bridgehead atoms. The Labute approximate surface area is 169 Å². The van der Waals surface area contributed by atoms with E-state index in [1.807, 2.05) is 36.5 Å². The first-order chi connectivity index (χ1) is 13.9. The number of carbonyl (C=O) groups is 1. The predicted octanol–water partition coefficient (Wildman–Crippen LogP) is 1.89. The largest absolute Gasteiger partial charge is 0.334 e. The van der Waals surface area contributed by atoms with Crippen LogP contribution in [0.2, 0.25) is 0 Å². The smallest absolute Gasteiger partial charge is 0.254 e. The van der Waals surface area contributed by atoms with Gasteiger partial charge in [0.25, 0.3) is 5.91 Å². The van der Waals surface area contributed by atoms with Crippen LogP contribution in [-0.2, 0) is 10.0 Å². The van der Waals surface area contributed by atoms with Gasteiger partial charge in [-0.3, -0.25) is 4.79 Å². The fourth-order valence-electron chi connectivity index (χ4n) is 3.15. The number of rotatable bonds is 5. The molecule has 0 unspecified atom stereocenters. The van der Waals surface area contributed by atoms with Gasteiger partial charge in [0, 0.05) is 38.3 Å². The van der Waals surface area contributed by atoms with Crippen LogP contribution in [0.25, 0.3) is 11.3 Å². The maximum Gasteiger partial charge on any atom is 0.254 e. The zero-order chi connectivity index (χ0) is 20.6. The van der Waals surface area contributed by atoms with Gasteiger partial charge in [0.15, 0.2) is 0 Å². The van der Waals surface area contributed by atoms with E-state index in [-0.39, 0.29) is 16.8 Å². The van der Waals surface area contributed by atoms with Crippen LogP contribution >= 0.6 is 0 Å². The summed E-state index contributed by atoms with van der Waals surface area (Å²) in [5.74, 6) is -0.126. The highest BCUT2D eigenvalue weighted by atomic mass is 32.2. The maximum atomic E-state index is 12.6. The van der Waals surface area contributed by atoms with Crippen LogP contribution in [0.3, 0.4) is 0 Å². The number of aromatic nitrogens is 3. The minimum atomic E-state index is -3.51. The van der Waals surface area contributed by atoms with Crippen LogP contribution in [-0.4, -0.2) is 65.7 Å². The molecule has 1 aliphatic heterocycles. The second-order valence-corrected chi connectivity index (χ2v) is 9.28. The van der Waals surface area contributed by atoms with Gasteiger partial charge in [0.2, 0.25) is 10.0 Å². The molecule has 8 nitrogen and oxygen atoms in total. The second kappa shape index (κ2) is 7.41. The van der Waals surface area contributed by atoms with Gasteiger partial charge in [-0.25, -0.2) is 17.4 Å². The Morgan fingerprint density at radius 1 is 1.03 bits per heavy atom. The van der Waals surface area contributed by atoms with E-state index >= 15 is 0 Å². The Morgan fingerprint density at radius 3 is 2.31 bits per heavy atom. The average Bonchev–Trinajstić information content (AvgIpc) is 3.17. The molecule has 1 saturated heterocycles. The number of nitrogens with zero attached hydrogens (tertiary/aromatic N) is 5. The molecule has 0 radical (unpaired) electrons. The third-order valence-corrected chi connectivity index (χ3v) is 6.81. The lowest BCUT2D eigenvalue weighted by Crippen LogP contribution is -2.50. The van der Waals surface area contributed by atoms with Crippen molar-refractivity contribution in [2.24, 2.45) is 0 Å². The summed E-state index contributed by atoms with van der Waals surface area (Å²) >= 11 is 0. The number of sulfonamides is 1.